The highest BCUT2D eigenvalue weighted by molar-refractivity contribution is 6.01. The van der Waals surface area contributed by atoms with Crippen molar-refractivity contribution in [3.8, 4) is 0 Å². The Kier molecular flexibility index (Phi) is 3.46. The van der Waals surface area contributed by atoms with E-state index in [-0.39, 0.29) is 11.7 Å². The summed E-state index contributed by atoms with van der Waals surface area (Å²) >= 11 is 0. The van der Waals surface area contributed by atoms with Crippen LogP contribution in [-0.4, -0.2) is 17.4 Å². The summed E-state index contributed by atoms with van der Waals surface area (Å²) < 4.78 is 0. The quantitative estimate of drug-likeness (QED) is 0.868. The summed E-state index contributed by atoms with van der Waals surface area (Å²) in [5.74, 6) is 0.117. The van der Waals surface area contributed by atoms with Gasteiger partial charge in [-0.25, -0.2) is 4.98 Å². The minimum atomic E-state index is -0.163. The molecule has 18 heavy (non-hydrogen) atoms. The second kappa shape index (κ2) is 5.04. The van der Waals surface area contributed by atoms with Gasteiger partial charge in [0, 0.05) is 11.9 Å². The van der Waals surface area contributed by atoms with Gasteiger partial charge in [0.2, 0.25) is 0 Å². The van der Waals surface area contributed by atoms with Gasteiger partial charge in [-0.2, -0.15) is 0 Å². The largest absolute Gasteiger partial charge is 0.383 e. The molecule has 0 radical (unpaired) electrons. The average Bonchev–Trinajstić information content (AvgIpc) is 2.35. The molecule has 0 aliphatic carbocycles. The smallest absolute Gasteiger partial charge is 0.255 e. The van der Waals surface area contributed by atoms with Gasteiger partial charge in [-0.3, -0.25) is 4.79 Å². The lowest BCUT2D eigenvalue weighted by Crippen LogP contribution is -2.25. The van der Waals surface area contributed by atoms with E-state index in [0.717, 1.165) is 22.9 Å². The molecular weight excluding hydrogens is 226 g/mol. The summed E-state index contributed by atoms with van der Waals surface area (Å²) in [6, 6.07) is 7.70. The molecule has 1 aromatic heterocycles. The molecular formula is C14H17N3O. The maximum absolute atomic E-state index is 11.9. The van der Waals surface area contributed by atoms with E-state index < -0.39 is 0 Å². The Morgan fingerprint density at radius 1 is 1.39 bits per heavy atom. The molecule has 4 heteroatoms. The number of hydrogen-bond acceptors (Lipinski definition) is 3. The number of fused-ring (bicyclic) bond motifs is 1. The molecule has 4 nitrogen and oxygen atoms in total. The fourth-order valence-corrected chi connectivity index (χ4v) is 1.81. The Labute approximate surface area is 106 Å². The molecule has 0 atom stereocenters. The van der Waals surface area contributed by atoms with E-state index in [1.54, 1.807) is 6.07 Å². The van der Waals surface area contributed by atoms with Crippen LogP contribution in [0.1, 0.15) is 29.3 Å². The Morgan fingerprint density at radius 3 is 2.89 bits per heavy atom. The number of amides is 1. The normalized spacial score (nSPS) is 10.6. The summed E-state index contributed by atoms with van der Waals surface area (Å²) in [7, 11) is 0. The highest BCUT2D eigenvalue weighted by Gasteiger charge is 2.11. The van der Waals surface area contributed by atoms with Crippen molar-refractivity contribution in [2.45, 2.75) is 20.3 Å². The number of nitrogens with two attached hydrogens (primary N) is 1. The van der Waals surface area contributed by atoms with Crippen molar-refractivity contribution in [3.63, 3.8) is 0 Å². The van der Waals surface area contributed by atoms with Crippen LogP contribution in [0, 0.1) is 6.92 Å². The topological polar surface area (TPSA) is 68.0 Å². The van der Waals surface area contributed by atoms with Crippen LogP contribution >= 0.6 is 0 Å². The Morgan fingerprint density at radius 2 is 2.17 bits per heavy atom. The van der Waals surface area contributed by atoms with Crippen molar-refractivity contribution >= 4 is 22.6 Å². The molecule has 0 aliphatic rings. The SMILES string of the molecule is CCCNC(=O)c1cc2ccc(C)cc2nc1N. The number of nitrogens with one attached hydrogen (secondary N) is 1. The average molecular weight is 243 g/mol. The summed E-state index contributed by atoms with van der Waals surface area (Å²) in [6.07, 6.45) is 0.895. The van der Waals surface area contributed by atoms with E-state index in [0.29, 0.717) is 12.1 Å². The van der Waals surface area contributed by atoms with Crippen LogP contribution in [0.5, 0.6) is 0 Å². The van der Waals surface area contributed by atoms with Gasteiger partial charge in [0.15, 0.2) is 0 Å². The highest BCUT2D eigenvalue weighted by Crippen LogP contribution is 2.19. The molecule has 0 saturated carbocycles. The predicted molar refractivity (Wildman–Crippen MR) is 73.5 cm³/mol. The lowest BCUT2D eigenvalue weighted by Gasteiger charge is -2.08. The van der Waals surface area contributed by atoms with Crippen molar-refractivity contribution in [1.82, 2.24) is 10.3 Å². The number of pyridine rings is 1. The summed E-state index contributed by atoms with van der Waals surface area (Å²) in [4.78, 5) is 16.2. The first-order chi connectivity index (χ1) is 8.61. The molecule has 94 valence electrons. The van der Waals surface area contributed by atoms with Gasteiger partial charge in [-0.05, 0) is 31.0 Å². The third-order valence-electron chi connectivity index (χ3n) is 2.78. The summed E-state index contributed by atoms with van der Waals surface area (Å²) in [5, 5.41) is 3.73. The van der Waals surface area contributed by atoms with Crippen LogP contribution in [-0.2, 0) is 0 Å². The third kappa shape index (κ3) is 2.42. The number of aromatic nitrogens is 1. The molecule has 1 amide bonds. The highest BCUT2D eigenvalue weighted by atomic mass is 16.1. The van der Waals surface area contributed by atoms with E-state index in [4.69, 9.17) is 5.73 Å². The van der Waals surface area contributed by atoms with E-state index in [2.05, 4.69) is 10.3 Å². The minimum absolute atomic E-state index is 0.163. The van der Waals surface area contributed by atoms with Gasteiger partial charge in [0.05, 0.1) is 11.1 Å². The molecule has 1 aromatic carbocycles. The third-order valence-corrected chi connectivity index (χ3v) is 2.78. The second-order valence-electron chi connectivity index (χ2n) is 4.37. The van der Waals surface area contributed by atoms with Crippen molar-refractivity contribution in [2.24, 2.45) is 0 Å². The number of carbonyl (C=O) groups is 1. The lowest BCUT2D eigenvalue weighted by molar-refractivity contribution is 0.0954. The summed E-state index contributed by atoms with van der Waals surface area (Å²) in [6.45, 7) is 4.65. The maximum Gasteiger partial charge on any atom is 0.255 e. The molecule has 3 N–H and O–H groups in total. The van der Waals surface area contributed by atoms with Crippen molar-refractivity contribution in [2.75, 3.05) is 12.3 Å². The molecule has 0 spiro atoms. The zero-order valence-electron chi connectivity index (χ0n) is 10.7. The van der Waals surface area contributed by atoms with Crippen LogP contribution in [0.4, 0.5) is 5.82 Å². The van der Waals surface area contributed by atoms with Crippen LogP contribution < -0.4 is 11.1 Å². The number of anilines is 1. The van der Waals surface area contributed by atoms with Gasteiger partial charge in [0.25, 0.3) is 5.91 Å². The number of nitrogens with zero attached hydrogens (tertiary/aromatic N) is 1. The Balaban J connectivity index is 2.43. The van der Waals surface area contributed by atoms with Crippen molar-refractivity contribution in [1.29, 1.82) is 0 Å². The summed E-state index contributed by atoms with van der Waals surface area (Å²) in [5.41, 5.74) is 8.22. The number of hydrogen-bond donors (Lipinski definition) is 2. The fourth-order valence-electron chi connectivity index (χ4n) is 1.81. The molecule has 2 rings (SSSR count). The van der Waals surface area contributed by atoms with Crippen LogP contribution in [0.2, 0.25) is 0 Å². The van der Waals surface area contributed by atoms with Gasteiger partial charge in [-0.1, -0.05) is 19.1 Å². The maximum atomic E-state index is 11.9. The molecule has 0 bridgehead atoms. The number of aryl methyl sites for hydroxylation is 1. The van der Waals surface area contributed by atoms with Crippen molar-refractivity contribution < 1.29 is 4.79 Å². The molecule has 2 aromatic rings. The minimum Gasteiger partial charge on any atom is -0.383 e. The van der Waals surface area contributed by atoms with Gasteiger partial charge in [-0.15, -0.1) is 0 Å². The zero-order chi connectivity index (χ0) is 13.1. The Bertz CT molecular complexity index is 593. The number of benzene rings is 1. The van der Waals surface area contributed by atoms with E-state index in [1.165, 1.54) is 0 Å². The first-order valence-electron chi connectivity index (χ1n) is 6.07. The molecule has 1 heterocycles. The Hall–Kier alpha value is -2.10. The lowest BCUT2D eigenvalue weighted by atomic mass is 10.1. The first kappa shape index (κ1) is 12.4. The monoisotopic (exact) mass is 243 g/mol. The van der Waals surface area contributed by atoms with Gasteiger partial charge >= 0.3 is 0 Å². The second-order valence-corrected chi connectivity index (χ2v) is 4.37. The number of carbonyl (C=O) groups excluding carboxylic acids is 1. The molecule has 0 aliphatic heterocycles. The number of rotatable bonds is 3. The first-order valence-corrected chi connectivity index (χ1v) is 6.07. The van der Waals surface area contributed by atoms with Crippen molar-refractivity contribution in [3.05, 3.63) is 35.4 Å². The van der Waals surface area contributed by atoms with Crippen LogP contribution in [0.3, 0.4) is 0 Å². The van der Waals surface area contributed by atoms with E-state index >= 15 is 0 Å². The van der Waals surface area contributed by atoms with Gasteiger partial charge in [0.1, 0.15) is 5.82 Å². The molecule has 0 fully saturated rings. The molecule has 0 unspecified atom stereocenters. The van der Waals surface area contributed by atoms with E-state index in [9.17, 15) is 4.79 Å². The predicted octanol–water partition coefficient (Wildman–Crippen LogP) is 2.27. The molecule has 0 saturated heterocycles. The zero-order valence-corrected chi connectivity index (χ0v) is 10.7. The van der Waals surface area contributed by atoms with Gasteiger partial charge < -0.3 is 11.1 Å². The van der Waals surface area contributed by atoms with Crippen LogP contribution in [0.15, 0.2) is 24.3 Å². The number of nitrogen functional groups attached to an aromatic ring is 1. The van der Waals surface area contributed by atoms with E-state index in [1.807, 2.05) is 32.0 Å². The standard InChI is InChI=1S/C14H17N3O/c1-3-6-16-14(18)11-8-10-5-4-9(2)7-12(10)17-13(11)15/h4-5,7-8H,3,6H2,1-2H3,(H2,15,17)(H,16,18). The van der Waals surface area contributed by atoms with Crippen LogP contribution in [0.25, 0.3) is 10.9 Å². The fraction of sp³-hybridized carbons (Fsp3) is 0.286.